The van der Waals surface area contributed by atoms with Crippen molar-refractivity contribution in [2.75, 3.05) is 5.75 Å². The number of ether oxygens (including phenoxy) is 1. The number of rotatable bonds is 4. The van der Waals surface area contributed by atoms with Gasteiger partial charge in [-0.05, 0) is 20.3 Å². The van der Waals surface area contributed by atoms with Crippen molar-refractivity contribution in [1.82, 2.24) is 0 Å². The van der Waals surface area contributed by atoms with Crippen molar-refractivity contribution in [2.24, 2.45) is 0 Å². The van der Waals surface area contributed by atoms with Crippen LogP contribution in [0.4, 0.5) is 4.79 Å². The minimum Gasteiger partial charge on any atom is -0.454 e. The van der Waals surface area contributed by atoms with Crippen LogP contribution < -0.4 is 0 Å². The molecule has 0 aliphatic heterocycles. The zero-order valence-electron chi connectivity index (χ0n) is 6.83. The molecule has 0 fully saturated rings. The molecule has 1 radical (unpaired) electrons. The van der Waals surface area contributed by atoms with E-state index in [0.29, 0.717) is 0 Å². The van der Waals surface area contributed by atoms with Gasteiger partial charge in [-0.25, -0.2) is 4.79 Å². The first kappa shape index (κ1) is 11.2. The van der Waals surface area contributed by atoms with Crippen LogP contribution in [0, 0.1) is 6.92 Å². The number of hydrogen-bond acceptors (Lipinski definition) is 4. The summed E-state index contributed by atoms with van der Waals surface area (Å²) >= 11 is 0. The Labute approximate surface area is 75.9 Å². The van der Waals surface area contributed by atoms with E-state index in [-0.39, 0.29) is 11.4 Å². The fourth-order valence-corrected chi connectivity index (χ4v) is 2.06. The Hall–Kier alpha value is 0.170. The Balaban J connectivity index is 3.23. The highest BCUT2D eigenvalue weighted by molar-refractivity contribution is 8.82. The Bertz CT molecular complexity index is 115. The maximum Gasteiger partial charge on any atom is 0.378 e. The molecule has 1 unspecified atom stereocenters. The van der Waals surface area contributed by atoms with E-state index in [1.54, 1.807) is 6.92 Å². The highest BCUT2D eigenvalue weighted by Gasteiger charge is 2.05. The van der Waals surface area contributed by atoms with Crippen molar-refractivity contribution in [3.63, 3.8) is 0 Å². The molecule has 4 heteroatoms. The van der Waals surface area contributed by atoms with Crippen LogP contribution in [-0.2, 0) is 4.74 Å². The first-order valence-corrected chi connectivity index (χ1v) is 5.82. The quantitative estimate of drug-likeness (QED) is 0.389. The number of carbonyl (C=O) groups excluding carboxylic acids is 1. The molecule has 65 valence electrons. The predicted octanol–water partition coefficient (Wildman–Crippen LogP) is 3.14. The molecule has 0 rings (SSSR count). The van der Waals surface area contributed by atoms with Crippen molar-refractivity contribution in [3.05, 3.63) is 6.92 Å². The van der Waals surface area contributed by atoms with Crippen LogP contribution in [0.3, 0.4) is 0 Å². The smallest absolute Gasteiger partial charge is 0.378 e. The number of carbonyl (C=O) groups is 1. The van der Waals surface area contributed by atoms with Gasteiger partial charge in [0.05, 0.1) is 0 Å². The zero-order chi connectivity index (χ0) is 8.69. The van der Waals surface area contributed by atoms with Crippen LogP contribution in [0.15, 0.2) is 0 Å². The van der Waals surface area contributed by atoms with Crippen molar-refractivity contribution in [2.45, 2.75) is 26.4 Å². The van der Waals surface area contributed by atoms with Gasteiger partial charge in [0.15, 0.2) is 0 Å². The minimum atomic E-state index is -0.253. The molecule has 0 aliphatic rings. The van der Waals surface area contributed by atoms with Crippen LogP contribution in [0.1, 0.15) is 20.3 Å². The molecule has 0 aliphatic carbocycles. The maximum atomic E-state index is 10.8. The van der Waals surface area contributed by atoms with E-state index < -0.39 is 0 Å². The highest BCUT2D eigenvalue weighted by atomic mass is 33.1. The molecule has 0 aromatic heterocycles. The van der Waals surface area contributed by atoms with E-state index in [9.17, 15) is 4.79 Å². The Morgan fingerprint density at radius 2 is 2.36 bits per heavy atom. The molecule has 2 nitrogen and oxygen atoms in total. The lowest BCUT2D eigenvalue weighted by molar-refractivity contribution is 0.154. The fraction of sp³-hybridized carbons (Fsp3) is 0.714. The summed E-state index contributed by atoms with van der Waals surface area (Å²) in [6.45, 7) is 7.35. The van der Waals surface area contributed by atoms with Gasteiger partial charge >= 0.3 is 5.30 Å². The van der Waals surface area contributed by atoms with Crippen LogP contribution in [0.25, 0.3) is 0 Å². The summed E-state index contributed by atoms with van der Waals surface area (Å²) in [7, 11) is 2.66. The average molecular weight is 193 g/mol. The third-order valence-electron chi connectivity index (χ3n) is 0.712. The first-order chi connectivity index (χ1) is 5.16. The molecule has 0 aromatic rings. The summed E-state index contributed by atoms with van der Waals surface area (Å²) in [4.78, 5) is 10.8. The normalized spacial score (nSPS) is 10.2. The Kier molecular flexibility index (Phi) is 6.96. The summed E-state index contributed by atoms with van der Waals surface area (Å²) < 4.78 is 4.79. The van der Waals surface area contributed by atoms with E-state index >= 15 is 0 Å². The van der Waals surface area contributed by atoms with Gasteiger partial charge in [0.1, 0.15) is 6.10 Å². The SMILES string of the molecule is [CH2]C(C)OC(=O)SSCCC. The number of hydrogen-bond donors (Lipinski definition) is 0. The molecule has 0 spiro atoms. The van der Waals surface area contributed by atoms with Gasteiger partial charge in [-0.15, -0.1) is 0 Å². The second-order valence-electron chi connectivity index (χ2n) is 2.08. The Morgan fingerprint density at radius 3 is 2.82 bits per heavy atom. The van der Waals surface area contributed by atoms with Crippen LogP contribution in [0.2, 0.25) is 0 Å². The largest absolute Gasteiger partial charge is 0.454 e. The van der Waals surface area contributed by atoms with Crippen molar-refractivity contribution in [1.29, 1.82) is 0 Å². The second kappa shape index (κ2) is 6.85. The molecule has 0 amide bonds. The van der Waals surface area contributed by atoms with Crippen molar-refractivity contribution < 1.29 is 9.53 Å². The van der Waals surface area contributed by atoms with Gasteiger partial charge in [0.25, 0.3) is 0 Å². The third kappa shape index (κ3) is 8.07. The molecule has 1 atom stereocenters. The average Bonchev–Trinajstić information content (AvgIpc) is 1.86. The fourth-order valence-electron chi connectivity index (χ4n) is 0.357. The molecule has 0 N–H and O–H groups in total. The summed E-state index contributed by atoms with van der Waals surface area (Å²) in [5.74, 6) is 0.977. The lowest BCUT2D eigenvalue weighted by Crippen LogP contribution is -2.05. The Morgan fingerprint density at radius 1 is 1.73 bits per heavy atom. The molecule has 0 saturated carbocycles. The lowest BCUT2D eigenvalue weighted by Gasteiger charge is -2.05. The standard InChI is InChI=1S/C7H13O2S2/c1-4-5-10-11-7(8)9-6(2)3/h6H,2,4-5H2,1,3H3. The van der Waals surface area contributed by atoms with E-state index in [1.165, 1.54) is 10.8 Å². The molecule has 0 heterocycles. The van der Waals surface area contributed by atoms with Gasteiger partial charge in [0, 0.05) is 16.5 Å². The third-order valence-corrected chi connectivity index (χ3v) is 2.90. The van der Waals surface area contributed by atoms with Gasteiger partial charge in [-0.2, -0.15) is 0 Å². The second-order valence-corrected chi connectivity index (χ2v) is 4.43. The van der Waals surface area contributed by atoms with Crippen LogP contribution >= 0.6 is 21.6 Å². The van der Waals surface area contributed by atoms with Crippen molar-refractivity contribution in [3.8, 4) is 0 Å². The lowest BCUT2D eigenvalue weighted by atomic mass is 10.5. The highest BCUT2D eigenvalue weighted by Crippen LogP contribution is 2.24. The summed E-state index contributed by atoms with van der Waals surface area (Å²) in [5.41, 5.74) is 0. The topological polar surface area (TPSA) is 26.3 Å². The maximum absolute atomic E-state index is 10.8. The van der Waals surface area contributed by atoms with Crippen LogP contribution in [-0.4, -0.2) is 17.2 Å². The zero-order valence-corrected chi connectivity index (χ0v) is 8.46. The van der Waals surface area contributed by atoms with Gasteiger partial charge in [-0.3, -0.25) is 0 Å². The van der Waals surface area contributed by atoms with E-state index in [2.05, 4.69) is 13.8 Å². The summed E-state index contributed by atoms with van der Waals surface area (Å²) in [5, 5.41) is -0.244. The van der Waals surface area contributed by atoms with Gasteiger partial charge in [0.2, 0.25) is 0 Å². The first-order valence-electron chi connectivity index (χ1n) is 3.50. The molecule has 11 heavy (non-hydrogen) atoms. The minimum absolute atomic E-state index is 0.244. The molecular weight excluding hydrogens is 180 g/mol. The molecule has 0 aromatic carbocycles. The van der Waals surface area contributed by atoms with Gasteiger partial charge < -0.3 is 4.74 Å². The summed E-state index contributed by atoms with van der Waals surface area (Å²) in [6.07, 6.45) is 0.822. The van der Waals surface area contributed by atoms with Gasteiger partial charge in [-0.1, -0.05) is 17.7 Å². The van der Waals surface area contributed by atoms with Crippen LogP contribution in [0.5, 0.6) is 0 Å². The van der Waals surface area contributed by atoms with Crippen molar-refractivity contribution >= 4 is 26.9 Å². The molecular formula is C7H13O2S2. The predicted molar refractivity (Wildman–Crippen MR) is 51.6 cm³/mol. The summed E-state index contributed by atoms with van der Waals surface area (Å²) in [6, 6.07) is 0. The molecule has 0 bridgehead atoms. The van der Waals surface area contributed by atoms with E-state index in [4.69, 9.17) is 4.74 Å². The molecule has 0 saturated heterocycles. The van der Waals surface area contributed by atoms with E-state index in [1.807, 2.05) is 0 Å². The monoisotopic (exact) mass is 193 g/mol. The van der Waals surface area contributed by atoms with E-state index in [0.717, 1.165) is 23.0 Å².